The first-order chi connectivity index (χ1) is 12.4. The Labute approximate surface area is 171 Å². The fraction of sp³-hybridized carbons (Fsp3) is 0.222. The van der Waals surface area contributed by atoms with Crippen LogP contribution in [-0.4, -0.2) is 17.7 Å². The van der Waals surface area contributed by atoms with Crippen LogP contribution in [0.25, 0.3) is 0 Å². The van der Waals surface area contributed by atoms with Crippen molar-refractivity contribution in [1.82, 2.24) is 0 Å². The largest absolute Gasteiger partial charge is 0.463 e. The van der Waals surface area contributed by atoms with Gasteiger partial charge >= 0.3 is 0 Å². The number of hydrogen-bond acceptors (Lipinski definition) is 7. The molecule has 1 rings (SSSR count). The van der Waals surface area contributed by atoms with E-state index >= 15 is 4.39 Å². The number of hydrogen-bond donors (Lipinski definition) is 1. The minimum absolute atomic E-state index is 0.377. The van der Waals surface area contributed by atoms with Gasteiger partial charge in [0.15, 0.2) is 24.1 Å². The van der Waals surface area contributed by atoms with Gasteiger partial charge in [0.25, 0.3) is 0 Å². The normalized spacial score (nSPS) is 12.9. The van der Waals surface area contributed by atoms with Gasteiger partial charge in [-0.3, -0.25) is 0 Å². The van der Waals surface area contributed by atoms with E-state index in [9.17, 15) is 5.11 Å². The molecule has 0 fully saturated rings. The van der Waals surface area contributed by atoms with Crippen LogP contribution in [0.2, 0.25) is 0 Å². The highest BCUT2D eigenvalue weighted by Gasteiger charge is 2.27. The lowest BCUT2D eigenvalue weighted by molar-refractivity contribution is -0.181. The second-order valence-corrected chi connectivity index (χ2v) is 8.43. The maximum Gasteiger partial charge on any atom is 0.199 e. The average molecular weight is 433 g/mol. The van der Waals surface area contributed by atoms with Gasteiger partial charge < -0.3 is 14.6 Å². The fourth-order valence-electron chi connectivity index (χ4n) is 1.95. The highest BCUT2D eigenvalue weighted by molar-refractivity contribution is 8.06. The predicted molar refractivity (Wildman–Crippen MR) is 113 cm³/mol. The predicted octanol–water partition coefficient (Wildman–Crippen LogP) is 6.85. The summed E-state index contributed by atoms with van der Waals surface area (Å²) in [5, 5.41) is 15.7. The molecule has 2 atom stereocenters. The first kappa shape index (κ1) is 23.3. The fourth-order valence-corrected chi connectivity index (χ4v) is 5.04. The molecule has 26 heavy (non-hydrogen) atoms. The van der Waals surface area contributed by atoms with Crippen LogP contribution in [0.15, 0.2) is 67.5 Å². The van der Waals surface area contributed by atoms with Gasteiger partial charge in [0.2, 0.25) is 0 Å². The summed E-state index contributed by atoms with van der Waals surface area (Å²) < 4.78 is 26.4. The van der Waals surface area contributed by atoms with Crippen LogP contribution in [-0.2, 0) is 4.74 Å². The van der Waals surface area contributed by atoms with E-state index in [4.69, 9.17) is 9.47 Å². The van der Waals surface area contributed by atoms with Crippen LogP contribution in [0.3, 0.4) is 0 Å². The average Bonchev–Trinajstić information content (AvgIpc) is 2.57. The Morgan fingerprint density at radius 1 is 0.846 bits per heavy atom. The number of benzene rings is 1. The summed E-state index contributed by atoms with van der Waals surface area (Å²) in [5.41, 5.74) is 0. The molecule has 0 saturated carbocycles. The zero-order valence-corrected chi connectivity index (χ0v) is 17.8. The van der Waals surface area contributed by atoms with Crippen molar-refractivity contribution in [2.45, 2.75) is 46.0 Å². The van der Waals surface area contributed by atoms with Crippen molar-refractivity contribution in [3.05, 3.63) is 53.8 Å². The Morgan fingerprint density at radius 2 is 1.23 bits per heavy atom. The molecule has 0 aliphatic heterocycles. The summed E-state index contributed by atoms with van der Waals surface area (Å²) in [6, 6.07) is 0. The third kappa shape index (κ3) is 6.14. The van der Waals surface area contributed by atoms with E-state index < -0.39 is 12.6 Å². The molecule has 0 bridgehead atoms. The molecule has 0 aliphatic carbocycles. The number of rotatable bonds is 12. The summed E-state index contributed by atoms with van der Waals surface area (Å²) in [5.74, 6) is 0.0491. The molecule has 0 aromatic heterocycles. The molecule has 8 heteroatoms. The Balaban J connectivity index is 3.70. The van der Waals surface area contributed by atoms with Gasteiger partial charge in [-0.15, -0.1) is 0 Å². The van der Waals surface area contributed by atoms with E-state index in [2.05, 4.69) is 26.3 Å². The van der Waals surface area contributed by atoms with Gasteiger partial charge in [0, 0.05) is 0 Å². The van der Waals surface area contributed by atoms with Gasteiger partial charge in [-0.05, 0) is 35.5 Å². The molecular weight excluding hydrogens is 411 g/mol. The molecule has 0 heterocycles. The van der Waals surface area contributed by atoms with E-state index in [1.807, 2.05) is 0 Å². The second-order valence-electron chi connectivity index (χ2n) is 4.52. The molecule has 2 unspecified atom stereocenters. The minimum atomic E-state index is -1.000. The van der Waals surface area contributed by atoms with Crippen LogP contribution in [0.4, 0.5) is 4.39 Å². The lowest BCUT2D eigenvalue weighted by Crippen LogP contribution is -2.22. The Kier molecular flexibility index (Phi) is 10.6. The molecule has 0 radical (unpaired) electrons. The second kappa shape index (κ2) is 11.8. The van der Waals surface area contributed by atoms with Crippen molar-refractivity contribution in [1.29, 1.82) is 0 Å². The summed E-state index contributed by atoms with van der Waals surface area (Å²) >= 11 is 4.80. The van der Waals surface area contributed by atoms with Crippen molar-refractivity contribution >= 4 is 47.0 Å². The monoisotopic (exact) mass is 432 g/mol. The third-order valence-electron chi connectivity index (χ3n) is 2.70. The summed E-state index contributed by atoms with van der Waals surface area (Å²) in [6.45, 7) is 17.9. The Hall–Kier alpha value is -0.770. The SMILES string of the molecule is C=CSc1c(F)c(SC=C)c(SC=C)c(OC(C)OC(C)O)c1SC=C. The molecule has 1 N–H and O–H groups in total. The molecular formula is C18H21FO3S4. The molecule has 0 spiro atoms. The van der Waals surface area contributed by atoms with Crippen molar-refractivity contribution in [3.8, 4) is 5.75 Å². The van der Waals surface area contributed by atoms with Gasteiger partial charge in [-0.25, -0.2) is 4.39 Å². The summed E-state index contributed by atoms with van der Waals surface area (Å²) in [4.78, 5) is 1.87. The first-order valence-electron chi connectivity index (χ1n) is 7.41. The number of aliphatic hydroxyl groups is 1. The highest BCUT2D eigenvalue weighted by atomic mass is 32.2. The summed E-state index contributed by atoms with van der Waals surface area (Å²) in [6.07, 6.45) is -1.75. The van der Waals surface area contributed by atoms with Crippen LogP contribution >= 0.6 is 47.0 Å². The lowest BCUT2D eigenvalue weighted by Gasteiger charge is -2.24. The van der Waals surface area contributed by atoms with Crippen LogP contribution in [0, 0.1) is 5.82 Å². The Bertz CT molecular complexity index is 632. The topological polar surface area (TPSA) is 38.7 Å². The Morgan fingerprint density at radius 3 is 1.58 bits per heavy atom. The minimum Gasteiger partial charge on any atom is -0.463 e. The van der Waals surface area contributed by atoms with Gasteiger partial charge in [0.05, 0.1) is 19.6 Å². The molecule has 1 aromatic carbocycles. The standard InChI is InChI=1S/C18H21FO3S4/c1-7-23-15-13(19)16(24-8-2)18(26-10-4)14(17(15)25-9-3)22-12(6)21-11(5)20/h7-12,20H,1-4H2,5-6H3. The van der Waals surface area contributed by atoms with E-state index in [-0.39, 0.29) is 5.82 Å². The maximum atomic E-state index is 15.2. The van der Waals surface area contributed by atoms with E-state index in [1.165, 1.54) is 30.4 Å². The number of thioether (sulfide) groups is 4. The van der Waals surface area contributed by atoms with Gasteiger partial charge in [-0.1, -0.05) is 73.4 Å². The zero-order chi connectivity index (χ0) is 19.7. The van der Waals surface area contributed by atoms with Gasteiger partial charge in [-0.2, -0.15) is 0 Å². The highest BCUT2D eigenvalue weighted by Crippen LogP contribution is 2.51. The maximum absolute atomic E-state index is 15.2. The number of ether oxygens (including phenoxy) is 2. The molecule has 142 valence electrons. The molecule has 0 saturated heterocycles. The van der Waals surface area contributed by atoms with Gasteiger partial charge in [0.1, 0.15) is 0 Å². The first-order valence-corrected chi connectivity index (χ1v) is 10.9. The lowest BCUT2D eigenvalue weighted by atomic mass is 10.3. The van der Waals surface area contributed by atoms with Crippen LogP contribution in [0.1, 0.15) is 13.8 Å². The zero-order valence-electron chi connectivity index (χ0n) is 14.6. The quantitative estimate of drug-likeness (QED) is 0.286. The summed E-state index contributed by atoms with van der Waals surface area (Å²) in [7, 11) is 0. The molecule has 1 aromatic rings. The number of aliphatic hydroxyl groups excluding tert-OH is 1. The molecule has 3 nitrogen and oxygen atoms in total. The van der Waals surface area contributed by atoms with Crippen LogP contribution in [0.5, 0.6) is 5.75 Å². The van der Waals surface area contributed by atoms with E-state index in [0.29, 0.717) is 25.3 Å². The van der Waals surface area contributed by atoms with Crippen molar-refractivity contribution in [2.24, 2.45) is 0 Å². The van der Waals surface area contributed by atoms with Crippen molar-refractivity contribution < 1.29 is 19.0 Å². The van der Waals surface area contributed by atoms with Crippen LogP contribution < -0.4 is 4.74 Å². The molecule has 0 aliphatic rings. The van der Waals surface area contributed by atoms with E-state index in [0.717, 1.165) is 23.5 Å². The van der Waals surface area contributed by atoms with Crippen molar-refractivity contribution in [3.63, 3.8) is 0 Å². The van der Waals surface area contributed by atoms with Crippen molar-refractivity contribution in [2.75, 3.05) is 0 Å². The van der Waals surface area contributed by atoms with E-state index in [1.54, 1.807) is 28.6 Å². The third-order valence-corrected chi connectivity index (χ3v) is 6.11. The molecule has 0 amide bonds. The number of halogens is 1. The smallest absolute Gasteiger partial charge is 0.199 e.